The Labute approximate surface area is 176 Å². The fraction of sp³-hybridized carbons (Fsp3) is 0.381. The van der Waals surface area contributed by atoms with E-state index in [1.54, 1.807) is 18.2 Å². The number of rotatable bonds is 10. The molecule has 5 nitrogen and oxygen atoms in total. The highest BCUT2D eigenvalue weighted by atomic mass is 79.9. The molecular weight excluding hydrogens is 440 g/mol. The number of halogens is 1. The Bertz CT molecular complexity index is 868. The summed E-state index contributed by atoms with van der Waals surface area (Å²) in [6.07, 6.45) is 0. The van der Waals surface area contributed by atoms with Crippen LogP contribution in [0.2, 0.25) is 0 Å². The number of sulfone groups is 1. The summed E-state index contributed by atoms with van der Waals surface area (Å²) in [5.41, 5.74) is 1.76. The smallest absolute Gasteiger partial charge is 0.235 e. The Kier molecular flexibility index (Phi) is 8.66. The van der Waals surface area contributed by atoms with E-state index in [1.807, 2.05) is 36.4 Å². The van der Waals surface area contributed by atoms with Gasteiger partial charge in [0.05, 0.1) is 11.8 Å². The largest absolute Gasteiger partial charge is 0.353 e. The molecule has 0 fully saturated rings. The highest BCUT2D eigenvalue weighted by Crippen LogP contribution is 2.19. The number of nitrogens with one attached hydrogen (secondary N) is 1. The number of hydrogen-bond donors (Lipinski definition) is 1. The summed E-state index contributed by atoms with van der Waals surface area (Å²) in [5.74, 6) is -1.14. The standard InChI is InChI=1S/C21H27BrN2O3S/c1-3-24(4-2)20(18-10-6-5-7-11-18)14-23-21(25)16-28(26,27)15-17-9-8-12-19(22)13-17/h5-13,20H,3-4,14-16H2,1-2H3,(H,23,25). The molecule has 2 aromatic rings. The maximum absolute atomic E-state index is 12.4. The molecule has 0 saturated heterocycles. The topological polar surface area (TPSA) is 66.5 Å². The predicted molar refractivity (Wildman–Crippen MR) is 117 cm³/mol. The van der Waals surface area contributed by atoms with Crippen LogP contribution in [0.15, 0.2) is 59.1 Å². The fourth-order valence-corrected chi connectivity index (χ4v) is 4.93. The Morgan fingerprint density at radius 3 is 2.36 bits per heavy atom. The molecule has 0 aliphatic carbocycles. The minimum absolute atomic E-state index is 0.00735. The molecule has 0 saturated carbocycles. The van der Waals surface area contributed by atoms with Gasteiger partial charge in [0, 0.05) is 11.0 Å². The summed E-state index contributed by atoms with van der Waals surface area (Å²) >= 11 is 3.33. The van der Waals surface area contributed by atoms with Crippen molar-refractivity contribution >= 4 is 31.7 Å². The van der Waals surface area contributed by atoms with Gasteiger partial charge in [-0.2, -0.15) is 0 Å². The van der Waals surface area contributed by atoms with E-state index in [-0.39, 0.29) is 11.8 Å². The Morgan fingerprint density at radius 1 is 1.07 bits per heavy atom. The molecule has 152 valence electrons. The summed E-state index contributed by atoms with van der Waals surface area (Å²) < 4.78 is 25.6. The molecule has 2 rings (SSSR count). The molecule has 1 N–H and O–H groups in total. The van der Waals surface area contributed by atoms with Crippen LogP contribution in [0.4, 0.5) is 0 Å². The maximum atomic E-state index is 12.4. The Morgan fingerprint density at radius 2 is 1.75 bits per heavy atom. The van der Waals surface area contributed by atoms with Gasteiger partial charge >= 0.3 is 0 Å². The van der Waals surface area contributed by atoms with Crippen LogP contribution in [-0.4, -0.2) is 44.6 Å². The highest BCUT2D eigenvalue weighted by molar-refractivity contribution is 9.10. The van der Waals surface area contributed by atoms with Crippen LogP contribution in [-0.2, 0) is 20.4 Å². The zero-order valence-electron chi connectivity index (χ0n) is 16.3. The molecule has 0 heterocycles. The van der Waals surface area contributed by atoms with Crippen molar-refractivity contribution in [1.29, 1.82) is 0 Å². The zero-order valence-corrected chi connectivity index (χ0v) is 18.7. The first-order valence-corrected chi connectivity index (χ1v) is 12.0. The molecule has 1 amide bonds. The van der Waals surface area contributed by atoms with Crippen LogP contribution in [0.1, 0.15) is 31.0 Å². The van der Waals surface area contributed by atoms with E-state index in [9.17, 15) is 13.2 Å². The lowest BCUT2D eigenvalue weighted by atomic mass is 10.1. The first-order chi connectivity index (χ1) is 13.3. The average molecular weight is 467 g/mol. The van der Waals surface area contributed by atoms with Crippen LogP contribution in [0, 0.1) is 0 Å². The minimum atomic E-state index is -3.54. The van der Waals surface area contributed by atoms with Gasteiger partial charge in [0.15, 0.2) is 9.84 Å². The lowest BCUT2D eigenvalue weighted by Crippen LogP contribution is -2.40. The number of likely N-dealkylation sites (N-methyl/N-ethyl adjacent to an activating group) is 1. The van der Waals surface area contributed by atoms with Crippen molar-refractivity contribution < 1.29 is 13.2 Å². The summed E-state index contributed by atoms with van der Waals surface area (Å²) in [7, 11) is -3.54. The van der Waals surface area contributed by atoms with Crippen molar-refractivity contribution in [3.8, 4) is 0 Å². The van der Waals surface area contributed by atoms with Crippen molar-refractivity contribution in [2.24, 2.45) is 0 Å². The molecule has 0 aliphatic heterocycles. The lowest BCUT2D eigenvalue weighted by Gasteiger charge is -2.30. The van der Waals surface area contributed by atoms with Gasteiger partial charge < -0.3 is 5.32 Å². The van der Waals surface area contributed by atoms with E-state index in [0.717, 1.165) is 23.1 Å². The second kappa shape index (κ2) is 10.7. The van der Waals surface area contributed by atoms with Gasteiger partial charge in [-0.1, -0.05) is 72.2 Å². The van der Waals surface area contributed by atoms with E-state index in [4.69, 9.17) is 0 Å². The Balaban J connectivity index is 2.00. The first kappa shape index (κ1) is 22.6. The first-order valence-electron chi connectivity index (χ1n) is 9.35. The van der Waals surface area contributed by atoms with Gasteiger partial charge in [0.2, 0.25) is 5.91 Å². The van der Waals surface area contributed by atoms with E-state index >= 15 is 0 Å². The summed E-state index contributed by atoms with van der Waals surface area (Å²) in [5, 5.41) is 2.81. The second-order valence-corrected chi connectivity index (χ2v) is 9.59. The summed E-state index contributed by atoms with van der Waals surface area (Å²) in [6, 6.07) is 17.1. The van der Waals surface area contributed by atoms with Crippen molar-refractivity contribution in [3.05, 3.63) is 70.2 Å². The number of carbonyl (C=O) groups excluding carboxylic acids is 1. The maximum Gasteiger partial charge on any atom is 0.235 e. The SMILES string of the molecule is CCN(CC)C(CNC(=O)CS(=O)(=O)Cc1cccc(Br)c1)c1ccccc1. The quantitative estimate of drug-likeness (QED) is 0.581. The number of hydrogen-bond acceptors (Lipinski definition) is 4. The van der Waals surface area contributed by atoms with Gasteiger partial charge in [-0.15, -0.1) is 0 Å². The molecule has 1 atom stereocenters. The van der Waals surface area contributed by atoms with Crippen molar-refractivity contribution in [1.82, 2.24) is 10.2 Å². The number of carbonyl (C=O) groups is 1. The highest BCUT2D eigenvalue weighted by Gasteiger charge is 2.21. The van der Waals surface area contributed by atoms with Gasteiger partial charge in [0.25, 0.3) is 0 Å². The molecule has 0 aliphatic rings. The van der Waals surface area contributed by atoms with Crippen molar-refractivity contribution in [2.45, 2.75) is 25.6 Å². The molecule has 2 aromatic carbocycles. The second-order valence-electron chi connectivity index (χ2n) is 6.61. The molecule has 1 unspecified atom stereocenters. The minimum Gasteiger partial charge on any atom is -0.353 e. The summed E-state index contributed by atoms with van der Waals surface area (Å²) in [6.45, 7) is 6.20. The van der Waals surface area contributed by atoms with Crippen LogP contribution in [0.25, 0.3) is 0 Å². The van der Waals surface area contributed by atoms with E-state index in [1.165, 1.54) is 0 Å². The fourth-order valence-electron chi connectivity index (χ4n) is 3.19. The van der Waals surface area contributed by atoms with Gasteiger partial charge in [0.1, 0.15) is 5.75 Å². The van der Waals surface area contributed by atoms with Gasteiger partial charge in [-0.05, 0) is 36.3 Å². The normalized spacial score (nSPS) is 12.7. The van der Waals surface area contributed by atoms with Crippen LogP contribution in [0.3, 0.4) is 0 Å². The third-order valence-corrected chi connectivity index (χ3v) is 6.53. The van der Waals surface area contributed by atoms with Gasteiger partial charge in [-0.25, -0.2) is 8.42 Å². The molecule has 0 spiro atoms. The van der Waals surface area contributed by atoms with Crippen molar-refractivity contribution in [2.75, 3.05) is 25.4 Å². The third kappa shape index (κ3) is 7.04. The van der Waals surface area contributed by atoms with E-state index < -0.39 is 21.5 Å². The molecule has 0 radical (unpaired) electrons. The monoisotopic (exact) mass is 466 g/mol. The predicted octanol–water partition coefficient (Wildman–Crippen LogP) is 3.56. The molecular formula is C21H27BrN2O3S. The van der Waals surface area contributed by atoms with Crippen LogP contribution in [0.5, 0.6) is 0 Å². The molecule has 0 bridgehead atoms. The third-order valence-electron chi connectivity index (χ3n) is 4.56. The number of amides is 1. The van der Waals surface area contributed by atoms with Crippen LogP contribution >= 0.6 is 15.9 Å². The molecule has 0 aromatic heterocycles. The lowest BCUT2D eigenvalue weighted by molar-refractivity contribution is -0.118. The van der Waals surface area contributed by atoms with Crippen molar-refractivity contribution in [3.63, 3.8) is 0 Å². The van der Waals surface area contributed by atoms with E-state index in [0.29, 0.717) is 12.1 Å². The van der Waals surface area contributed by atoms with Gasteiger partial charge in [-0.3, -0.25) is 9.69 Å². The Hall–Kier alpha value is -1.70. The number of nitrogens with zero attached hydrogens (tertiary/aromatic N) is 1. The number of benzene rings is 2. The van der Waals surface area contributed by atoms with E-state index in [2.05, 4.69) is 40.0 Å². The molecule has 7 heteroatoms. The average Bonchev–Trinajstić information content (AvgIpc) is 2.65. The van der Waals surface area contributed by atoms with Crippen LogP contribution < -0.4 is 5.32 Å². The zero-order chi connectivity index (χ0) is 20.6. The summed E-state index contributed by atoms with van der Waals surface area (Å²) in [4.78, 5) is 14.6. The molecule has 28 heavy (non-hydrogen) atoms.